The van der Waals surface area contributed by atoms with Crippen LogP contribution in [0.15, 0.2) is 0 Å². The zero-order chi connectivity index (χ0) is 9.07. The summed E-state index contributed by atoms with van der Waals surface area (Å²) in [6.45, 7) is 6.58. The van der Waals surface area contributed by atoms with Crippen molar-refractivity contribution in [1.29, 1.82) is 0 Å². The van der Waals surface area contributed by atoms with E-state index in [0.29, 0.717) is 11.7 Å². The molecule has 0 amide bonds. The molecule has 3 nitrogen and oxygen atoms in total. The Labute approximate surface area is 73.2 Å². The van der Waals surface area contributed by atoms with Crippen LogP contribution in [0.3, 0.4) is 0 Å². The van der Waals surface area contributed by atoms with E-state index in [9.17, 15) is 0 Å². The van der Waals surface area contributed by atoms with Crippen LogP contribution in [-0.4, -0.2) is 33.8 Å². The van der Waals surface area contributed by atoms with Gasteiger partial charge in [0.1, 0.15) is 0 Å². The number of β-amino-alcohol motifs (C(OH)–C–C–N with tert-alkyl or cyclic N) is 1. The maximum atomic E-state index is 8.69. The second-order valence-corrected chi connectivity index (χ2v) is 3.80. The fourth-order valence-corrected chi connectivity index (χ4v) is 1.24. The van der Waals surface area contributed by atoms with Crippen molar-refractivity contribution in [2.24, 2.45) is 5.73 Å². The quantitative estimate of drug-likeness (QED) is 0.595. The predicted octanol–water partition coefficient (Wildman–Crippen LogP) is 0.323. The van der Waals surface area contributed by atoms with E-state index >= 15 is 0 Å². The van der Waals surface area contributed by atoms with Crippen molar-refractivity contribution >= 4 is 17.3 Å². The maximum absolute atomic E-state index is 8.69. The Bertz CT molecular complexity index is 142. The minimum atomic E-state index is -0.103. The average molecular weight is 176 g/mol. The third kappa shape index (κ3) is 3.53. The van der Waals surface area contributed by atoms with E-state index in [2.05, 4.69) is 0 Å². The number of hydrogen-bond donors (Lipinski definition) is 2. The smallest absolute Gasteiger partial charge is 0.166 e. The topological polar surface area (TPSA) is 49.5 Å². The highest BCUT2D eigenvalue weighted by atomic mass is 32.1. The number of rotatable bonds is 2. The molecule has 0 fully saturated rings. The molecule has 3 N–H and O–H groups in total. The first-order chi connectivity index (χ1) is 4.89. The highest BCUT2D eigenvalue weighted by molar-refractivity contribution is 7.80. The molecule has 0 radical (unpaired) electrons. The molecule has 11 heavy (non-hydrogen) atoms. The van der Waals surface area contributed by atoms with Crippen molar-refractivity contribution in [3.63, 3.8) is 0 Å². The molecule has 0 unspecified atom stereocenters. The zero-order valence-electron chi connectivity index (χ0n) is 7.29. The Morgan fingerprint density at radius 3 is 2.09 bits per heavy atom. The monoisotopic (exact) mass is 176 g/mol. The van der Waals surface area contributed by atoms with Gasteiger partial charge < -0.3 is 15.7 Å². The standard InChI is InChI=1S/C7H16N2OS/c1-7(2,3)9(4-5-10)6(8)11/h10H,4-5H2,1-3H3,(H2,8,11). The first kappa shape index (κ1) is 10.7. The van der Waals surface area contributed by atoms with Crippen molar-refractivity contribution in [1.82, 2.24) is 4.90 Å². The molecule has 66 valence electrons. The summed E-state index contributed by atoms with van der Waals surface area (Å²) in [7, 11) is 0. The van der Waals surface area contributed by atoms with Gasteiger partial charge in [0.25, 0.3) is 0 Å². The van der Waals surface area contributed by atoms with Crippen LogP contribution in [0.4, 0.5) is 0 Å². The summed E-state index contributed by atoms with van der Waals surface area (Å²) in [5.41, 5.74) is 5.35. The molecule has 0 aromatic carbocycles. The van der Waals surface area contributed by atoms with E-state index < -0.39 is 0 Å². The second kappa shape index (κ2) is 3.88. The number of nitrogens with two attached hydrogens (primary N) is 1. The van der Waals surface area contributed by atoms with Crippen LogP contribution in [0.2, 0.25) is 0 Å². The van der Waals surface area contributed by atoms with Crippen LogP contribution < -0.4 is 5.73 Å². The van der Waals surface area contributed by atoms with Gasteiger partial charge in [0.2, 0.25) is 0 Å². The lowest BCUT2D eigenvalue weighted by Crippen LogP contribution is -2.49. The molecule has 0 aliphatic rings. The molecule has 0 saturated heterocycles. The number of aliphatic hydroxyl groups excluding tert-OH is 1. The molecule has 0 saturated carbocycles. The summed E-state index contributed by atoms with van der Waals surface area (Å²) in [4.78, 5) is 1.79. The Hall–Kier alpha value is -0.350. The lowest BCUT2D eigenvalue weighted by atomic mass is 10.1. The molecule has 0 bridgehead atoms. The Morgan fingerprint density at radius 1 is 1.55 bits per heavy atom. The molecule has 0 aliphatic carbocycles. The van der Waals surface area contributed by atoms with Crippen molar-refractivity contribution in [3.05, 3.63) is 0 Å². The van der Waals surface area contributed by atoms with E-state index in [4.69, 9.17) is 23.1 Å². The number of aliphatic hydroxyl groups is 1. The van der Waals surface area contributed by atoms with Crippen molar-refractivity contribution in [3.8, 4) is 0 Å². The molecular weight excluding hydrogens is 160 g/mol. The van der Waals surface area contributed by atoms with E-state index in [1.165, 1.54) is 0 Å². The summed E-state index contributed by atoms with van der Waals surface area (Å²) in [5, 5.41) is 9.03. The van der Waals surface area contributed by atoms with Crippen LogP contribution >= 0.6 is 12.2 Å². The van der Waals surface area contributed by atoms with E-state index in [1.54, 1.807) is 4.90 Å². The second-order valence-electron chi connectivity index (χ2n) is 3.38. The molecular formula is C7H16N2OS. The minimum absolute atomic E-state index is 0.0780. The molecule has 0 rings (SSSR count). The number of thiocarbonyl (C=S) groups is 1. The fourth-order valence-electron chi connectivity index (χ4n) is 0.876. The normalized spacial score (nSPS) is 11.3. The molecule has 4 heteroatoms. The van der Waals surface area contributed by atoms with Crippen molar-refractivity contribution in [2.75, 3.05) is 13.2 Å². The third-order valence-corrected chi connectivity index (χ3v) is 1.62. The summed E-state index contributed by atoms with van der Waals surface area (Å²) in [6.07, 6.45) is 0. The van der Waals surface area contributed by atoms with Gasteiger partial charge in [-0.05, 0) is 33.0 Å². The largest absolute Gasteiger partial charge is 0.395 e. The number of hydrogen-bond acceptors (Lipinski definition) is 2. The molecule has 0 atom stereocenters. The van der Waals surface area contributed by atoms with E-state index in [1.807, 2.05) is 20.8 Å². The molecule has 0 aromatic rings. The van der Waals surface area contributed by atoms with Gasteiger partial charge in [-0.1, -0.05) is 0 Å². The van der Waals surface area contributed by atoms with Gasteiger partial charge >= 0.3 is 0 Å². The van der Waals surface area contributed by atoms with Crippen molar-refractivity contribution in [2.45, 2.75) is 26.3 Å². The lowest BCUT2D eigenvalue weighted by Gasteiger charge is -2.35. The van der Waals surface area contributed by atoms with Gasteiger partial charge in [0, 0.05) is 12.1 Å². The summed E-state index contributed by atoms with van der Waals surface area (Å²) in [5.74, 6) is 0. The van der Waals surface area contributed by atoms with Crippen LogP contribution in [0.5, 0.6) is 0 Å². The maximum Gasteiger partial charge on any atom is 0.166 e. The van der Waals surface area contributed by atoms with Crippen LogP contribution in [0, 0.1) is 0 Å². The summed E-state index contributed by atoms with van der Waals surface area (Å²) < 4.78 is 0. The Morgan fingerprint density at radius 2 is 2.00 bits per heavy atom. The predicted molar refractivity (Wildman–Crippen MR) is 50.3 cm³/mol. The van der Waals surface area contributed by atoms with Gasteiger partial charge in [-0.2, -0.15) is 0 Å². The molecule has 0 aromatic heterocycles. The van der Waals surface area contributed by atoms with Crippen molar-refractivity contribution < 1.29 is 5.11 Å². The van der Waals surface area contributed by atoms with Crippen LogP contribution in [0.1, 0.15) is 20.8 Å². The van der Waals surface area contributed by atoms with Gasteiger partial charge in [-0.3, -0.25) is 0 Å². The SMILES string of the molecule is CC(C)(C)N(CCO)C(N)=S. The molecule has 0 spiro atoms. The van der Waals surface area contributed by atoms with Gasteiger partial charge in [0.05, 0.1) is 6.61 Å². The first-order valence-corrected chi connectivity index (χ1v) is 3.98. The Balaban J connectivity index is 4.22. The van der Waals surface area contributed by atoms with Crippen LogP contribution in [-0.2, 0) is 0 Å². The molecule has 0 heterocycles. The third-order valence-electron chi connectivity index (χ3n) is 1.40. The zero-order valence-corrected chi connectivity index (χ0v) is 8.11. The average Bonchev–Trinajstić information content (AvgIpc) is 1.79. The van der Waals surface area contributed by atoms with Gasteiger partial charge in [0.15, 0.2) is 5.11 Å². The van der Waals surface area contributed by atoms with E-state index in [-0.39, 0.29) is 12.1 Å². The highest BCUT2D eigenvalue weighted by Gasteiger charge is 2.20. The first-order valence-electron chi connectivity index (χ1n) is 3.57. The highest BCUT2D eigenvalue weighted by Crippen LogP contribution is 2.11. The van der Waals surface area contributed by atoms with E-state index in [0.717, 1.165) is 0 Å². The fraction of sp³-hybridized carbons (Fsp3) is 0.857. The minimum Gasteiger partial charge on any atom is -0.395 e. The molecule has 0 aliphatic heterocycles. The number of nitrogens with zero attached hydrogens (tertiary/aromatic N) is 1. The van der Waals surface area contributed by atoms with Crippen LogP contribution in [0.25, 0.3) is 0 Å². The summed E-state index contributed by atoms with van der Waals surface area (Å²) in [6, 6.07) is 0. The van der Waals surface area contributed by atoms with Gasteiger partial charge in [-0.25, -0.2) is 0 Å². The van der Waals surface area contributed by atoms with Gasteiger partial charge in [-0.15, -0.1) is 0 Å². The summed E-state index contributed by atoms with van der Waals surface area (Å²) >= 11 is 4.82. The lowest BCUT2D eigenvalue weighted by molar-refractivity contribution is 0.182. The Kier molecular flexibility index (Phi) is 3.75.